The van der Waals surface area contributed by atoms with Crippen LogP contribution in [0.3, 0.4) is 0 Å². The first kappa shape index (κ1) is 102. The average molecular weight is 2060 g/mol. The Bertz CT molecular complexity index is 6710. The maximum atomic E-state index is 13.9. The number of hydrogen-bond donors (Lipinski definition) is 2. The van der Waals surface area contributed by atoms with E-state index in [2.05, 4.69) is 28.6 Å². The molecule has 5 unspecified atom stereocenters. The number of aromatic amines is 1. The first-order valence-electron chi connectivity index (χ1n) is 42.8. The van der Waals surface area contributed by atoms with E-state index < -0.39 is 84.7 Å². The summed E-state index contributed by atoms with van der Waals surface area (Å²) in [6.07, 6.45) is -4.58. The summed E-state index contributed by atoms with van der Waals surface area (Å²) in [5, 5.41) is 49.2. The van der Waals surface area contributed by atoms with Crippen LogP contribution in [0.2, 0.25) is 0 Å². The number of Topliss-reactive ketones (excluding diaryl/α,β-unsaturated/α-hetero) is 1. The molecule has 5 aliphatic rings. The van der Waals surface area contributed by atoms with Crippen molar-refractivity contribution < 1.29 is 118 Å². The van der Waals surface area contributed by atoms with Crippen LogP contribution in [0.5, 0.6) is 0 Å². The fraction of sp³-hybridized carbons (Fsp3) is 0.316. The number of hydrogen-bond acceptors (Lipinski definition) is 19. The Morgan fingerprint density at radius 3 is 1.29 bits per heavy atom. The number of aromatic nitrogens is 6. The second kappa shape index (κ2) is 44.2. The summed E-state index contributed by atoms with van der Waals surface area (Å²) in [5.41, 5.74) is 3.09. The molecule has 0 aliphatic carbocycles. The smallest absolute Gasteiger partial charge is 0.379 e. The molecule has 5 aliphatic heterocycles. The highest BCUT2D eigenvalue weighted by Crippen LogP contribution is 2.42. The van der Waals surface area contributed by atoms with Crippen LogP contribution in [0.25, 0.3) is 77.0 Å². The third kappa shape index (κ3) is 26.2. The minimum atomic E-state index is -4.47. The molecule has 1 amide bonds. The summed E-state index contributed by atoms with van der Waals surface area (Å²) in [6.45, 7) is 8.03. The van der Waals surface area contributed by atoms with Crippen molar-refractivity contribution in [2.75, 3.05) is 72.3 Å². The van der Waals surface area contributed by atoms with Crippen LogP contribution in [0, 0.1) is 44.0 Å². The minimum Gasteiger partial charge on any atom is -0.379 e. The predicted octanol–water partition coefficient (Wildman–Crippen LogP) is 22.8. The Morgan fingerprint density at radius 2 is 0.884 bits per heavy atom. The van der Waals surface area contributed by atoms with Crippen LogP contribution < -0.4 is 5.32 Å². The van der Waals surface area contributed by atoms with Gasteiger partial charge in [0.2, 0.25) is 0 Å². The second-order valence-corrected chi connectivity index (χ2v) is 35.8. The number of amides is 1. The third-order valence-corrected chi connectivity index (χ3v) is 24.2. The van der Waals surface area contributed by atoms with Gasteiger partial charge in [0.15, 0.2) is 11.5 Å². The lowest BCUT2D eigenvalue weighted by Crippen LogP contribution is -2.38. The molecule has 29 nitrogen and oxygen atoms in total. The van der Waals surface area contributed by atoms with Gasteiger partial charge in [-0.2, -0.15) is 47.9 Å². The van der Waals surface area contributed by atoms with E-state index in [-0.39, 0.29) is 74.9 Å². The van der Waals surface area contributed by atoms with Gasteiger partial charge in [0.05, 0.1) is 99.8 Å². The van der Waals surface area contributed by atoms with Crippen LogP contribution in [0.1, 0.15) is 120 Å². The van der Waals surface area contributed by atoms with Gasteiger partial charge in [0.25, 0.3) is 45.2 Å². The van der Waals surface area contributed by atoms with Crippen molar-refractivity contribution in [2.45, 2.75) is 120 Å². The van der Waals surface area contributed by atoms with E-state index >= 15 is 0 Å². The summed E-state index contributed by atoms with van der Waals surface area (Å²) in [6, 6.07) is 50.5. The monoisotopic (exact) mass is 2060 g/mol. The molecule has 8 aromatic carbocycles. The second-order valence-electron chi connectivity index (χ2n) is 33.0. The number of H-pyrrole nitrogens is 1. The van der Waals surface area contributed by atoms with Crippen LogP contribution >= 0.6 is 22.6 Å². The first-order valence-corrected chi connectivity index (χ1v) is 45.7. The van der Waals surface area contributed by atoms with Gasteiger partial charge in [-0.15, -0.1) is 0 Å². The zero-order chi connectivity index (χ0) is 99.3. The number of halogens is 13. The van der Waals surface area contributed by atoms with Crippen LogP contribution in [0.15, 0.2) is 225 Å². The molecule has 0 bridgehead atoms. The van der Waals surface area contributed by atoms with Gasteiger partial charge in [-0.1, -0.05) is 30.3 Å². The SMILES string of the molecule is CC(C)(F)C(=O)NCc1cnc(C(F)F)c(C(=O)Cc2ccc3c(c2)cc(-c2ccc(C(F)(F)F)cc2)n3C2CCOC2)c1.CS(=O)(=O)OC1CCOC1.FC(F)(F)c1ccc(I)cc1.O=[N+]([O-])c1ccc2[nH]ccc2c1.O=[N+]([O-])c1ccc2c(c1)cc(-c1ccc(C(F)(F)F)cc1)n2C1CCOC1.O=[N+]([O-])c1ccc2c(ccn2C2CCOC2)c1.O=[N+]([O-])c1ccc2c(ccn2C2CCOC2)c1. The van der Waals surface area contributed by atoms with Crippen molar-refractivity contribution in [1.82, 2.24) is 33.6 Å². The lowest BCUT2D eigenvalue weighted by atomic mass is 9.99. The highest BCUT2D eigenvalue weighted by atomic mass is 127. The van der Waals surface area contributed by atoms with E-state index in [1.54, 1.807) is 72.9 Å². The zero-order valence-corrected chi connectivity index (χ0v) is 76.5. The van der Waals surface area contributed by atoms with Crippen LogP contribution in [-0.2, 0) is 74.3 Å². The van der Waals surface area contributed by atoms with E-state index in [1.807, 2.05) is 80.5 Å². The van der Waals surface area contributed by atoms with Gasteiger partial charge in [0, 0.05) is 201 Å². The van der Waals surface area contributed by atoms with Crippen molar-refractivity contribution in [3.8, 4) is 22.5 Å². The highest BCUT2D eigenvalue weighted by Gasteiger charge is 2.35. The molecule has 43 heteroatoms. The number of rotatable bonds is 19. The van der Waals surface area contributed by atoms with Crippen LogP contribution in [0.4, 0.5) is 75.4 Å². The van der Waals surface area contributed by atoms with E-state index in [1.165, 1.54) is 60.7 Å². The van der Waals surface area contributed by atoms with Gasteiger partial charge in [-0.05, 0) is 206 Å². The number of alkyl halides is 12. The number of non-ortho nitro benzene ring substituents is 4. The first-order chi connectivity index (χ1) is 65.4. The van der Waals surface area contributed by atoms with E-state index in [9.17, 15) is 111 Å². The maximum Gasteiger partial charge on any atom is 0.416 e. The summed E-state index contributed by atoms with van der Waals surface area (Å²) < 4.78 is 217. The molecule has 6 aromatic heterocycles. The minimum absolute atomic E-state index is 0.0266. The number of nitrogens with one attached hydrogen (secondary N) is 2. The van der Waals surface area contributed by atoms with Gasteiger partial charge in [-0.3, -0.25) is 59.2 Å². The number of benzene rings is 8. The topological polar surface area (TPSA) is 357 Å². The molecule has 5 saturated heterocycles. The molecule has 0 spiro atoms. The lowest BCUT2D eigenvalue weighted by Gasteiger charge is -2.17. The number of nitro groups is 4. The third-order valence-electron chi connectivity index (χ3n) is 22.9. The maximum absolute atomic E-state index is 13.9. The number of nitrogens with zero attached hydrogens (tertiary/aromatic N) is 9. The number of pyridine rings is 1. The van der Waals surface area contributed by atoms with E-state index in [4.69, 9.17) is 23.7 Å². The Morgan fingerprint density at radius 1 is 0.486 bits per heavy atom. The molecule has 0 saturated carbocycles. The van der Waals surface area contributed by atoms with E-state index in [0.29, 0.717) is 92.3 Å². The van der Waals surface area contributed by atoms with Crippen LogP contribution in [-0.4, -0.2) is 152 Å². The largest absolute Gasteiger partial charge is 0.416 e. The molecule has 14 aromatic rings. The number of fused-ring (bicyclic) bond motifs is 5. The number of ether oxygens (including phenoxy) is 5. The summed E-state index contributed by atoms with van der Waals surface area (Å²) >= 11 is 1.96. The quantitative estimate of drug-likeness (QED) is 0.0190. The van der Waals surface area contributed by atoms with Crippen molar-refractivity contribution in [2.24, 2.45) is 0 Å². The molecule has 5 atom stereocenters. The number of carbonyl (C=O) groups excluding carboxylic acids is 2. The Labute approximate surface area is 791 Å². The van der Waals surface area contributed by atoms with Gasteiger partial charge >= 0.3 is 18.5 Å². The summed E-state index contributed by atoms with van der Waals surface area (Å²) in [7, 11) is -3.29. The highest BCUT2D eigenvalue weighted by molar-refractivity contribution is 14.1. The number of carbonyl (C=O) groups is 2. The fourth-order valence-corrected chi connectivity index (χ4v) is 17.0. The molecule has 11 heterocycles. The standard InChI is InChI=1S/C32H29F6N3O3.C19H15F3N2O3.2C12H12N2O3.C8H6N2O2.C7H4F3I.C5H10O4S/c1-31(2,35)30(43)40-16-19-12-24(28(29(33)34)39-15-19)27(42)13-18-3-8-25-21(11-18)14-26(41(25)23-9-10-44-17-23)20-4-6-22(7-5-20)32(36,37)38;20-19(21,22)14-3-1-12(2-4-14)18-10-13-9-15(24(25)26)5-6-17(13)23(18)16-7-8-27-11-16;2*15-14(16)10-1-2-12-9(7-10)3-5-13(12)11-4-6-17-8-11;11-10(12)7-1-2-8-6(5-7)3-4-9-8;8-7(9,10)5-1-3-6(11)4-2-5;1-10(6,7)9-5-2-3-8-4-5/h3-8,11-12,14-15,23,29H,9-10,13,16-17H2,1-2H3,(H,40,43);1-6,9-10,16H,7-8,11H2;2*1-3,5,7,11H,4,6,8H2;1-5,9H;1-4H;5H,2-4H2,1H3. The van der Waals surface area contributed by atoms with Crippen molar-refractivity contribution in [1.29, 1.82) is 0 Å². The molecule has 138 heavy (non-hydrogen) atoms. The van der Waals surface area contributed by atoms with Crippen molar-refractivity contribution in [3.05, 3.63) is 308 Å². The molecule has 5 fully saturated rings. The predicted molar refractivity (Wildman–Crippen MR) is 495 cm³/mol. The number of ketones is 1. The van der Waals surface area contributed by atoms with Gasteiger partial charge in [-0.25, -0.2) is 13.2 Å². The van der Waals surface area contributed by atoms with Gasteiger partial charge in [0.1, 0.15) is 11.8 Å². The molecular weight excluding hydrogens is 1970 g/mol. The molecule has 0 radical (unpaired) electrons. The molecular formula is C95H88F12IN11O18S. The molecule has 19 rings (SSSR count). The summed E-state index contributed by atoms with van der Waals surface area (Å²) in [4.78, 5) is 73.1. The lowest BCUT2D eigenvalue weighted by molar-refractivity contribution is -0.384. The van der Waals surface area contributed by atoms with E-state index in [0.717, 1.165) is 167 Å². The Balaban J connectivity index is 0.000000146. The fourth-order valence-electron chi connectivity index (χ4n) is 16.0. The van der Waals surface area contributed by atoms with Crippen molar-refractivity contribution in [3.63, 3.8) is 0 Å². The Hall–Kier alpha value is -13.1. The summed E-state index contributed by atoms with van der Waals surface area (Å²) in [5.74, 6) is -1.53. The Kier molecular flexibility index (Phi) is 32.8. The molecule has 728 valence electrons. The molecule has 2 N–H and O–H groups in total. The zero-order valence-electron chi connectivity index (χ0n) is 73.5. The average Bonchev–Trinajstić information content (AvgIpc) is 1.64. The number of nitro benzene ring substituents is 4. The van der Waals surface area contributed by atoms with Crippen molar-refractivity contribution >= 4 is 122 Å². The van der Waals surface area contributed by atoms with Gasteiger partial charge < -0.3 is 52.3 Å². The normalized spacial score (nSPS) is 17.1.